The van der Waals surface area contributed by atoms with Gasteiger partial charge in [-0.05, 0) is 65.9 Å². The van der Waals surface area contributed by atoms with Gasteiger partial charge in [0.05, 0.1) is 26.5 Å². The first-order valence-corrected chi connectivity index (χ1v) is 11.1. The van der Waals surface area contributed by atoms with Crippen LogP contribution >= 0.6 is 0 Å². The summed E-state index contributed by atoms with van der Waals surface area (Å²) in [5, 5.41) is 3.16. The molecule has 0 saturated carbocycles. The zero-order valence-electron chi connectivity index (χ0n) is 19.1. The van der Waals surface area contributed by atoms with Crippen LogP contribution in [0.5, 0.6) is 11.5 Å². The molecule has 6 nitrogen and oxygen atoms in total. The lowest BCUT2D eigenvalue weighted by Gasteiger charge is -2.42. The summed E-state index contributed by atoms with van der Waals surface area (Å²) in [6, 6.07) is 13.7. The molecule has 0 bridgehead atoms. The molecule has 4 rings (SSSR count). The van der Waals surface area contributed by atoms with E-state index in [0.717, 1.165) is 24.1 Å². The fourth-order valence-corrected chi connectivity index (χ4v) is 4.55. The van der Waals surface area contributed by atoms with E-state index < -0.39 is 0 Å². The zero-order chi connectivity index (χ0) is 23.4. The highest BCUT2D eigenvalue weighted by atomic mass is 19.1. The molecule has 1 amide bonds. The Hall–Kier alpha value is -3.32. The standard InChI is InChI=1S/C26H29FN2O4/c1-4-21(28-26(30)22-6-5-13-33-22)25-20-15-24(32-3)23(31-2)14-18(20)11-12-29(25)16-17-7-9-19(27)10-8-17/h5-10,13-15,21,25H,4,11-12,16H2,1-3H3,(H,28,30)/t21-,25-/m1/s1. The van der Waals surface area contributed by atoms with Crippen LogP contribution in [0, 0.1) is 5.82 Å². The van der Waals surface area contributed by atoms with E-state index in [-0.39, 0.29) is 29.6 Å². The molecule has 174 valence electrons. The Balaban J connectivity index is 1.72. The van der Waals surface area contributed by atoms with Crippen LogP contribution in [-0.2, 0) is 13.0 Å². The Morgan fingerprint density at radius 2 is 1.91 bits per heavy atom. The Kier molecular flexibility index (Phi) is 6.99. The Bertz CT molecular complexity index is 1080. The van der Waals surface area contributed by atoms with E-state index in [0.29, 0.717) is 24.5 Å². The number of halogens is 1. The number of hydrogen-bond donors (Lipinski definition) is 1. The topological polar surface area (TPSA) is 63.9 Å². The summed E-state index contributed by atoms with van der Waals surface area (Å²) in [5.74, 6) is 1.11. The highest BCUT2D eigenvalue weighted by molar-refractivity contribution is 5.91. The summed E-state index contributed by atoms with van der Waals surface area (Å²) < 4.78 is 29.9. The van der Waals surface area contributed by atoms with E-state index in [1.165, 1.54) is 24.0 Å². The Labute approximate surface area is 193 Å². The average Bonchev–Trinajstić information content (AvgIpc) is 3.38. The maximum atomic E-state index is 13.5. The molecule has 0 fully saturated rings. The van der Waals surface area contributed by atoms with Gasteiger partial charge in [-0.2, -0.15) is 0 Å². The van der Waals surface area contributed by atoms with Gasteiger partial charge in [0.2, 0.25) is 0 Å². The third kappa shape index (κ3) is 4.88. The van der Waals surface area contributed by atoms with Gasteiger partial charge in [0, 0.05) is 19.1 Å². The maximum Gasteiger partial charge on any atom is 0.287 e. The van der Waals surface area contributed by atoms with Crippen molar-refractivity contribution in [3.05, 3.63) is 83.1 Å². The third-order valence-electron chi connectivity index (χ3n) is 6.21. The largest absolute Gasteiger partial charge is 0.493 e. The number of rotatable bonds is 8. The molecule has 1 aliphatic heterocycles. The minimum Gasteiger partial charge on any atom is -0.493 e. The number of nitrogens with zero attached hydrogens (tertiary/aromatic N) is 1. The lowest BCUT2D eigenvalue weighted by molar-refractivity contribution is 0.0833. The predicted molar refractivity (Wildman–Crippen MR) is 123 cm³/mol. The van der Waals surface area contributed by atoms with Crippen molar-refractivity contribution >= 4 is 5.91 Å². The van der Waals surface area contributed by atoms with Gasteiger partial charge in [0.25, 0.3) is 5.91 Å². The first-order valence-electron chi connectivity index (χ1n) is 11.1. The van der Waals surface area contributed by atoms with Gasteiger partial charge in [0.15, 0.2) is 17.3 Å². The van der Waals surface area contributed by atoms with Gasteiger partial charge < -0.3 is 19.2 Å². The average molecular weight is 453 g/mol. The van der Waals surface area contributed by atoms with Crippen molar-refractivity contribution in [3.63, 3.8) is 0 Å². The van der Waals surface area contributed by atoms with E-state index in [9.17, 15) is 9.18 Å². The highest BCUT2D eigenvalue weighted by Crippen LogP contribution is 2.40. The smallest absolute Gasteiger partial charge is 0.287 e. The van der Waals surface area contributed by atoms with Crippen LogP contribution in [-0.4, -0.2) is 37.6 Å². The van der Waals surface area contributed by atoms with E-state index in [4.69, 9.17) is 13.9 Å². The molecular formula is C26H29FN2O4. The SMILES string of the molecule is CC[C@@H](NC(=O)c1ccco1)[C@H]1c2cc(OC)c(OC)cc2CCN1Cc1ccc(F)cc1. The molecule has 0 radical (unpaired) electrons. The monoisotopic (exact) mass is 452 g/mol. The second kappa shape index (κ2) is 10.1. The van der Waals surface area contributed by atoms with Crippen LogP contribution in [0.1, 0.15) is 46.6 Å². The minimum absolute atomic E-state index is 0.109. The summed E-state index contributed by atoms with van der Waals surface area (Å²) in [4.78, 5) is 15.2. The van der Waals surface area contributed by atoms with Crippen LogP contribution in [0.3, 0.4) is 0 Å². The first kappa shape index (κ1) is 22.9. The normalized spacial score (nSPS) is 16.7. The number of carbonyl (C=O) groups is 1. The van der Waals surface area contributed by atoms with E-state index in [2.05, 4.69) is 17.1 Å². The van der Waals surface area contributed by atoms with Crippen molar-refractivity contribution in [1.82, 2.24) is 10.2 Å². The van der Waals surface area contributed by atoms with Crippen LogP contribution in [0.2, 0.25) is 0 Å². The summed E-state index contributed by atoms with van der Waals surface area (Å²) in [6.07, 6.45) is 3.03. The van der Waals surface area contributed by atoms with Crippen molar-refractivity contribution in [2.75, 3.05) is 20.8 Å². The number of fused-ring (bicyclic) bond motifs is 1. The molecule has 0 aliphatic carbocycles. The second-order valence-electron chi connectivity index (χ2n) is 8.16. The fraction of sp³-hybridized carbons (Fsp3) is 0.346. The number of ether oxygens (including phenoxy) is 2. The van der Waals surface area contributed by atoms with Gasteiger partial charge in [-0.15, -0.1) is 0 Å². The van der Waals surface area contributed by atoms with Crippen LogP contribution < -0.4 is 14.8 Å². The number of carbonyl (C=O) groups excluding carboxylic acids is 1. The summed E-state index contributed by atoms with van der Waals surface area (Å²) in [6.45, 7) is 3.47. The Morgan fingerprint density at radius 3 is 2.55 bits per heavy atom. The molecule has 0 saturated heterocycles. The van der Waals surface area contributed by atoms with Crippen LogP contribution in [0.25, 0.3) is 0 Å². The van der Waals surface area contributed by atoms with Crippen molar-refractivity contribution in [1.29, 1.82) is 0 Å². The molecule has 1 N–H and O–H groups in total. The molecule has 1 aliphatic rings. The van der Waals surface area contributed by atoms with Gasteiger partial charge in [-0.25, -0.2) is 4.39 Å². The second-order valence-corrected chi connectivity index (χ2v) is 8.16. The number of furan rings is 1. The molecular weight excluding hydrogens is 423 g/mol. The number of nitrogens with one attached hydrogen (secondary N) is 1. The number of benzene rings is 2. The van der Waals surface area contributed by atoms with E-state index in [1.807, 2.05) is 12.1 Å². The van der Waals surface area contributed by atoms with Crippen molar-refractivity contribution in [2.45, 2.75) is 38.4 Å². The van der Waals surface area contributed by atoms with E-state index >= 15 is 0 Å². The van der Waals surface area contributed by atoms with Crippen molar-refractivity contribution < 1.29 is 23.1 Å². The molecule has 2 atom stereocenters. The quantitative estimate of drug-likeness (QED) is 0.535. The van der Waals surface area contributed by atoms with Crippen LogP contribution in [0.4, 0.5) is 4.39 Å². The number of methoxy groups -OCH3 is 2. The van der Waals surface area contributed by atoms with Gasteiger partial charge in [-0.1, -0.05) is 19.1 Å². The molecule has 2 heterocycles. The summed E-state index contributed by atoms with van der Waals surface area (Å²) in [5.41, 5.74) is 3.27. The maximum absolute atomic E-state index is 13.5. The molecule has 33 heavy (non-hydrogen) atoms. The summed E-state index contributed by atoms with van der Waals surface area (Å²) >= 11 is 0. The van der Waals surface area contributed by atoms with Crippen molar-refractivity contribution in [3.8, 4) is 11.5 Å². The molecule has 3 aromatic rings. The van der Waals surface area contributed by atoms with Gasteiger partial charge >= 0.3 is 0 Å². The number of amides is 1. The first-order chi connectivity index (χ1) is 16.0. The van der Waals surface area contributed by atoms with Gasteiger partial charge in [-0.3, -0.25) is 9.69 Å². The zero-order valence-corrected chi connectivity index (χ0v) is 19.1. The lowest BCUT2D eigenvalue weighted by Crippen LogP contribution is -2.48. The number of hydrogen-bond acceptors (Lipinski definition) is 5. The predicted octanol–water partition coefficient (Wildman–Crippen LogP) is 4.74. The Morgan fingerprint density at radius 1 is 1.18 bits per heavy atom. The lowest BCUT2D eigenvalue weighted by atomic mass is 9.86. The van der Waals surface area contributed by atoms with Gasteiger partial charge in [0.1, 0.15) is 5.82 Å². The minimum atomic E-state index is -0.256. The molecule has 7 heteroatoms. The highest BCUT2D eigenvalue weighted by Gasteiger charge is 2.35. The third-order valence-corrected chi connectivity index (χ3v) is 6.21. The molecule has 0 spiro atoms. The fourth-order valence-electron chi connectivity index (χ4n) is 4.55. The molecule has 1 aromatic heterocycles. The van der Waals surface area contributed by atoms with E-state index in [1.54, 1.807) is 38.5 Å². The molecule has 0 unspecified atom stereocenters. The molecule has 2 aromatic carbocycles. The van der Waals surface area contributed by atoms with Crippen molar-refractivity contribution in [2.24, 2.45) is 0 Å². The van der Waals surface area contributed by atoms with Crippen LogP contribution in [0.15, 0.2) is 59.2 Å². The summed E-state index contributed by atoms with van der Waals surface area (Å²) in [7, 11) is 3.25.